The monoisotopic (exact) mass is 722 g/mol. The van der Waals surface area contributed by atoms with E-state index >= 15 is 0 Å². The van der Waals surface area contributed by atoms with E-state index in [1.54, 1.807) is 0 Å². The molecule has 0 aromatic carbocycles. The van der Waals surface area contributed by atoms with Crippen molar-refractivity contribution in [2.45, 2.75) is 117 Å². The second-order valence-electron chi connectivity index (χ2n) is 13.5. The Balaban J connectivity index is 2.08. The minimum absolute atomic E-state index is 0.0241. The van der Waals surface area contributed by atoms with E-state index in [-0.39, 0.29) is 48.0 Å². The lowest BCUT2D eigenvalue weighted by Gasteiger charge is -2.37. The average molecular weight is 723 g/mol. The summed E-state index contributed by atoms with van der Waals surface area (Å²) in [5, 5.41) is 30.6. The number of rotatable bonds is 21. The number of hydrogen-bond donors (Lipinski definition) is 8. The molecule has 0 aliphatic heterocycles. The molecule has 18 heteroatoms. The van der Waals surface area contributed by atoms with Gasteiger partial charge < -0.3 is 52.2 Å². The number of ether oxygens (including phenoxy) is 2. The molecule has 2 aliphatic rings. The van der Waals surface area contributed by atoms with Crippen molar-refractivity contribution in [2.75, 3.05) is 13.2 Å². The molecule has 2 aliphatic carbocycles. The van der Waals surface area contributed by atoms with Crippen molar-refractivity contribution in [3.63, 3.8) is 0 Å². The summed E-state index contributed by atoms with van der Waals surface area (Å²) in [6.07, 6.45) is 1.89. The van der Waals surface area contributed by atoms with Crippen LogP contribution in [0.3, 0.4) is 0 Å². The summed E-state index contributed by atoms with van der Waals surface area (Å²) in [6, 6.07) is -1.56. The Bertz CT molecular complexity index is 1240. The standard InChI is InChI=1S/C33H57BN7O10/c1-7-18(8-2)27(37-16(5)42)20-11-12-21(31(46)47)29(20)50-14-24(44)40-34-41-25(45)15-51-30-22(32(48)49)13-23(39-33(35)36)26(30)28(38-17(6)43)19(9-3)10-4/h18-23,26-30H,7-15H2,1-6H3,(H,37,42)(H,38,43)(H,40,44)(H,41,45)(H,46,47)(H,48,49)(H4,35,36,39)/t20-,21+,22+,23-,26-,27-,28-,29+,30-/m1/s1. The van der Waals surface area contributed by atoms with Crippen LogP contribution in [0.15, 0.2) is 4.99 Å². The van der Waals surface area contributed by atoms with Gasteiger partial charge in [0.2, 0.25) is 23.6 Å². The fourth-order valence-corrected chi connectivity index (χ4v) is 7.96. The van der Waals surface area contributed by atoms with Gasteiger partial charge in [-0.25, -0.2) is 4.99 Å². The highest BCUT2D eigenvalue weighted by Gasteiger charge is 2.52. The summed E-state index contributed by atoms with van der Waals surface area (Å²) in [7, 11) is 0.982. The summed E-state index contributed by atoms with van der Waals surface area (Å²) >= 11 is 0. The second kappa shape index (κ2) is 20.8. The average Bonchev–Trinajstić information content (AvgIpc) is 3.63. The number of aliphatic imine (C=N–C) groups is 1. The van der Waals surface area contributed by atoms with Crippen molar-refractivity contribution in [2.24, 2.45) is 52.0 Å². The van der Waals surface area contributed by atoms with E-state index in [4.69, 9.17) is 20.9 Å². The Kier molecular flexibility index (Phi) is 17.6. The number of hydrogen-bond acceptors (Lipinski definition) is 9. The Morgan fingerprint density at radius 1 is 0.745 bits per heavy atom. The number of aliphatic carboxylic acids is 2. The normalized spacial score (nSPS) is 25.5. The summed E-state index contributed by atoms with van der Waals surface area (Å²) in [4.78, 5) is 78.4. The van der Waals surface area contributed by atoms with E-state index in [1.165, 1.54) is 13.8 Å². The first-order valence-electron chi connectivity index (χ1n) is 17.8. The number of amides is 4. The van der Waals surface area contributed by atoms with Crippen LogP contribution in [0.2, 0.25) is 0 Å². The lowest BCUT2D eigenvalue weighted by atomic mass is 9.80. The van der Waals surface area contributed by atoms with Crippen LogP contribution < -0.4 is 32.6 Å². The molecule has 0 bridgehead atoms. The zero-order valence-electron chi connectivity index (χ0n) is 30.6. The highest BCUT2D eigenvalue weighted by Crippen LogP contribution is 2.42. The summed E-state index contributed by atoms with van der Waals surface area (Å²) in [5.41, 5.74) is 11.4. The van der Waals surface area contributed by atoms with Crippen molar-refractivity contribution in [1.29, 1.82) is 0 Å². The molecule has 1 radical (unpaired) electrons. The number of nitrogens with two attached hydrogens (primary N) is 2. The molecule has 0 saturated heterocycles. The van der Waals surface area contributed by atoms with Gasteiger partial charge in [0, 0.05) is 37.8 Å². The van der Waals surface area contributed by atoms with Gasteiger partial charge in [-0.15, -0.1) is 0 Å². The van der Waals surface area contributed by atoms with Crippen molar-refractivity contribution in [3.8, 4) is 0 Å². The predicted octanol–water partition coefficient (Wildman–Crippen LogP) is -0.121. The number of nitrogens with zero attached hydrogens (tertiary/aromatic N) is 1. The SMILES string of the molecule is CCC(CC)[C@@H](NC(C)=O)[C@H]1CC[C@H](C(=O)O)[C@H]1OCC(=O)N[B]NC(=O)CO[C@H]1[C@@H]([C@H](NC(C)=O)C(CC)CC)[C@H](N=C(N)N)C[C@@H]1C(=O)O. The van der Waals surface area contributed by atoms with E-state index in [0.29, 0.717) is 25.7 Å². The predicted molar refractivity (Wildman–Crippen MR) is 188 cm³/mol. The lowest BCUT2D eigenvalue weighted by molar-refractivity contribution is -0.150. The summed E-state index contributed by atoms with van der Waals surface area (Å²) < 4.78 is 11.8. The Morgan fingerprint density at radius 2 is 1.22 bits per heavy atom. The Labute approximate surface area is 300 Å². The fourth-order valence-electron chi connectivity index (χ4n) is 7.96. The minimum atomic E-state index is -1.17. The van der Waals surface area contributed by atoms with Crippen molar-refractivity contribution in [3.05, 3.63) is 0 Å². The van der Waals surface area contributed by atoms with E-state index in [0.717, 1.165) is 20.4 Å². The third kappa shape index (κ3) is 12.4. The maximum Gasteiger partial charge on any atom is 0.390 e. The van der Waals surface area contributed by atoms with E-state index in [1.807, 2.05) is 27.7 Å². The molecule has 9 atom stereocenters. The quantitative estimate of drug-likeness (QED) is 0.0438. The maximum absolute atomic E-state index is 12.8. The molecule has 0 aromatic rings. The van der Waals surface area contributed by atoms with Crippen molar-refractivity contribution in [1.82, 2.24) is 21.1 Å². The van der Waals surface area contributed by atoms with Crippen LogP contribution in [0.5, 0.6) is 0 Å². The molecule has 0 aromatic heterocycles. The molecule has 0 unspecified atom stereocenters. The molecule has 2 fully saturated rings. The minimum Gasteiger partial charge on any atom is -0.481 e. The molecule has 2 rings (SSSR count). The molecule has 17 nitrogen and oxygen atoms in total. The van der Waals surface area contributed by atoms with Crippen LogP contribution in [0.25, 0.3) is 0 Å². The van der Waals surface area contributed by atoms with Crippen LogP contribution in [-0.4, -0.2) is 103 Å². The third-order valence-corrected chi connectivity index (χ3v) is 10.3. The van der Waals surface area contributed by atoms with Crippen LogP contribution >= 0.6 is 0 Å². The van der Waals surface area contributed by atoms with Crippen LogP contribution in [-0.2, 0) is 38.2 Å². The van der Waals surface area contributed by atoms with Crippen molar-refractivity contribution >= 4 is 49.1 Å². The van der Waals surface area contributed by atoms with Gasteiger partial charge in [0.15, 0.2) is 5.96 Å². The smallest absolute Gasteiger partial charge is 0.390 e. The molecule has 10 N–H and O–H groups in total. The Hall–Kier alpha value is -3.93. The van der Waals surface area contributed by atoms with Gasteiger partial charge in [-0.05, 0) is 31.1 Å². The van der Waals surface area contributed by atoms with Gasteiger partial charge >= 0.3 is 19.5 Å². The van der Waals surface area contributed by atoms with E-state index < -0.39 is 79.0 Å². The molecule has 0 spiro atoms. The number of nitrogens with one attached hydrogen (secondary N) is 4. The number of carbonyl (C=O) groups excluding carboxylic acids is 4. The maximum atomic E-state index is 12.8. The number of carbonyl (C=O) groups is 6. The number of carboxylic acids is 2. The second-order valence-corrected chi connectivity index (χ2v) is 13.5. The molecule has 4 amide bonds. The number of carboxylic acid groups (broad SMARTS) is 2. The lowest BCUT2D eigenvalue weighted by Crippen LogP contribution is -2.52. The first-order chi connectivity index (χ1) is 24.1. The molecule has 0 heterocycles. The first kappa shape index (κ1) is 43.2. The molecular weight excluding hydrogens is 665 g/mol. The molecule has 51 heavy (non-hydrogen) atoms. The van der Waals surface area contributed by atoms with Crippen LogP contribution in [0.1, 0.15) is 86.5 Å². The van der Waals surface area contributed by atoms with Crippen LogP contribution in [0.4, 0.5) is 0 Å². The zero-order valence-corrected chi connectivity index (χ0v) is 30.6. The Morgan fingerprint density at radius 3 is 1.67 bits per heavy atom. The van der Waals surface area contributed by atoms with Crippen molar-refractivity contribution < 1.29 is 48.5 Å². The van der Waals surface area contributed by atoms with Gasteiger partial charge in [-0.2, -0.15) is 0 Å². The summed E-state index contributed by atoms with van der Waals surface area (Å²) in [5.74, 6) is -7.24. The van der Waals surface area contributed by atoms with Gasteiger partial charge in [0.05, 0.1) is 30.1 Å². The fraction of sp³-hybridized carbons (Fsp3) is 0.788. The molecule has 287 valence electrons. The van der Waals surface area contributed by atoms with E-state index in [9.17, 15) is 39.0 Å². The van der Waals surface area contributed by atoms with Gasteiger partial charge in [0.1, 0.15) is 13.2 Å². The van der Waals surface area contributed by atoms with Gasteiger partial charge in [0.25, 0.3) is 0 Å². The van der Waals surface area contributed by atoms with Crippen LogP contribution in [0, 0.1) is 35.5 Å². The molecular formula is C33H57BN7O10. The number of guanidine groups is 1. The highest BCUT2D eigenvalue weighted by atomic mass is 16.5. The van der Waals surface area contributed by atoms with Gasteiger partial charge in [-0.1, -0.05) is 53.4 Å². The third-order valence-electron chi connectivity index (χ3n) is 10.3. The zero-order chi connectivity index (χ0) is 38.4. The van der Waals surface area contributed by atoms with Gasteiger partial charge in [-0.3, -0.25) is 28.8 Å². The van der Waals surface area contributed by atoms with E-state index in [2.05, 4.69) is 26.1 Å². The topological polar surface area (TPSA) is 274 Å². The largest absolute Gasteiger partial charge is 0.481 e. The highest BCUT2D eigenvalue weighted by molar-refractivity contribution is 6.38. The molecule has 2 saturated carbocycles. The summed E-state index contributed by atoms with van der Waals surface area (Å²) in [6.45, 7) is 9.60. The first-order valence-corrected chi connectivity index (χ1v) is 17.8.